The minimum absolute atomic E-state index is 0.244. The smallest absolute Gasteiger partial charge is 0.184 e. The van der Waals surface area contributed by atoms with Gasteiger partial charge in [-0.15, -0.1) is 0 Å². The second kappa shape index (κ2) is 9.23. The Hall–Kier alpha value is -1.80. The average Bonchev–Trinajstić information content (AvgIpc) is 2.69. The monoisotopic (exact) mass is 360 g/mol. The second-order valence-electron chi connectivity index (χ2n) is 6.26. The molecule has 3 rings (SSSR count). The van der Waals surface area contributed by atoms with Crippen LogP contribution in [0.15, 0.2) is 60.7 Å². The summed E-state index contributed by atoms with van der Waals surface area (Å²) in [5.74, 6) is 0. The summed E-state index contributed by atoms with van der Waals surface area (Å²) < 4.78 is 16.9. The van der Waals surface area contributed by atoms with E-state index in [1.807, 2.05) is 60.7 Å². The highest BCUT2D eigenvalue weighted by molar-refractivity contribution is 5.14. The third kappa shape index (κ3) is 4.67. The first-order valence-corrected chi connectivity index (χ1v) is 8.62. The Kier molecular flexibility index (Phi) is 6.73. The number of ether oxygens (including phenoxy) is 3. The fourth-order valence-electron chi connectivity index (χ4n) is 2.96. The lowest BCUT2D eigenvalue weighted by atomic mass is 9.98. The van der Waals surface area contributed by atoms with E-state index < -0.39 is 37.3 Å². The Labute approximate surface area is 152 Å². The number of aliphatic hydroxyl groups excluding tert-OH is 3. The molecule has 6 heteroatoms. The molecule has 0 aromatic heterocycles. The van der Waals surface area contributed by atoms with Gasteiger partial charge in [-0.1, -0.05) is 60.7 Å². The van der Waals surface area contributed by atoms with Gasteiger partial charge in [0.25, 0.3) is 0 Å². The van der Waals surface area contributed by atoms with E-state index in [1.54, 1.807) is 0 Å². The van der Waals surface area contributed by atoms with Crippen LogP contribution in [0, 0.1) is 0 Å². The first kappa shape index (κ1) is 19.0. The van der Waals surface area contributed by atoms with Crippen molar-refractivity contribution in [1.29, 1.82) is 0 Å². The molecule has 0 unspecified atom stereocenters. The van der Waals surface area contributed by atoms with E-state index >= 15 is 0 Å². The summed E-state index contributed by atoms with van der Waals surface area (Å²) in [6.07, 6.45) is -5.06. The van der Waals surface area contributed by atoms with Crippen LogP contribution in [0.4, 0.5) is 0 Å². The van der Waals surface area contributed by atoms with Gasteiger partial charge in [0.2, 0.25) is 0 Å². The summed E-state index contributed by atoms with van der Waals surface area (Å²) >= 11 is 0. The SMILES string of the molecule is OC[C@H]1O[C@H](O)[C@@H](OCc2ccccc2)[C@@H](OCc2ccccc2)[C@@H]1O. The second-order valence-corrected chi connectivity index (χ2v) is 6.26. The summed E-state index contributed by atoms with van der Waals surface area (Å²) in [5, 5.41) is 30.2. The lowest BCUT2D eigenvalue weighted by Crippen LogP contribution is -2.60. The minimum Gasteiger partial charge on any atom is -0.394 e. The van der Waals surface area contributed by atoms with Crippen molar-refractivity contribution in [1.82, 2.24) is 0 Å². The average molecular weight is 360 g/mol. The molecule has 26 heavy (non-hydrogen) atoms. The molecule has 0 spiro atoms. The van der Waals surface area contributed by atoms with E-state index in [2.05, 4.69) is 0 Å². The van der Waals surface area contributed by atoms with E-state index in [0.717, 1.165) is 11.1 Å². The Bertz CT molecular complexity index is 650. The molecular formula is C20H24O6. The first-order chi connectivity index (χ1) is 12.7. The topological polar surface area (TPSA) is 88.4 Å². The van der Waals surface area contributed by atoms with Crippen LogP contribution in [0.3, 0.4) is 0 Å². The molecule has 1 aliphatic heterocycles. The Morgan fingerprint density at radius 2 is 1.27 bits per heavy atom. The van der Waals surface area contributed by atoms with Crippen LogP contribution in [0.5, 0.6) is 0 Å². The third-order valence-corrected chi connectivity index (χ3v) is 4.39. The fraction of sp³-hybridized carbons (Fsp3) is 0.400. The van der Waals surface area contributed by atoms with Crippen LogP contribution in [-0.4, -0.2) is 52.6 Å². The lowest BCUT2D eigenvalue weighted by Gasteiger charge is -2.42. The van der Waals surface area contributed by atoms with Crippen LogP contribution >= 0.6 is 0 Å². The highest BCUT2D eigenvalue weighted by Gasteiger charge is 2.46. The molecule has 1 heterocycles. The predicted molar refractivity (Wildman–Crippen MR) is 94.0 cm³/mol. The number of aliphatic hydroxyl groups is 3. The van der Waals surface area contributed by atoms with Gasteiger partial charge in [-0.25, -0.2) is 0 Å². The summed E-state index contributed by atoms with van der Waals surface area (Å²) in [6.45, 7) is 0.0705. The summed E-state index contributed by atoms with van der Waals surface area (Å²) in [7, 11) is 0. The van der Waals surface area contributed by atoms with E-state index in [9.17, 15) is 15.3 Å². The lowest BCUT2D eigenvalue weighted by molar-refractivity contribution is -0.307. The van der Waals surface area contributed by atoms with E-state index in [0.29, 0.717) is 0 Å². The number of benzene rings is 2. The fourth-order valence-corrected chi connectivity index (χ4v) is 2.96. The Morgan fingerprint density at radius 1 is 0.769 bits per heavy atom. The van der Waals surface area contributed by atoms with Crippen molar-refractivity contribution in [3.8, 4) is 0 Å². The zero-order chi connectivity index (χ0) is 18.4. The maximum absolute atomic E-state index is 10.5. The standard InChI is InChI=1S/C20H24O6/c21-11-16-17(22)18(24-12-14-7-3-1-4-8-14)19(20(23)26-16)25-13-15-9-5-2-6-10-15/h1-10,16-23H,11-13H2/t16-,17-,18+,19+,20+/m1/s1. The van der Waals surface area contributed by atoms with Gasteiger partial charge in [-0.05, 0) is 11.1 Å². The summed E-state index contributed by atoms with van der Waals surface area (Å²) in [6, 6.07) is 19.0. The molecule has 0 bridgehead atoms. The molecule has 1 fully saturated rings. The molecule has 6 nitrogen and oxygen atoms in total. The molecule has 5 atom stereocenters. The normalized spacial score (nSPS) is 28.8. The van der Waals surface area contributed by atoms with Gasteiger partial charge in [0.1, 0.15) is 24.4 Å². The van der Waals surface area contributed by atoms with Gasteiger partial charge >= 0.3 is 0 Å². The largest absolute Gasteiger partial charge is 0.394 e. The zero-order valence-electron chi connectivity index (χ0n) is 14.3. The maximum Gasteiger partial charge on any atom is 0.184 e. The van der Waals surface area contributed by atoms with Crippen LogP contribution in [0.2, 0.25) is 0 Å². The third-order valence-electron chi connectivity index (χ3n) is 4.39. The van der Waals surface area contributed by atoms with E-state index in [4.69, 9.17) is 14.2 Å². The van der Waals surface area contributed by atoms with Gasteiger partial charge in [-0.3, -0.25) is 0 Å². The van der Waals surface area contributed by atoms with Gasteiger partial charge in [0.05, 0.1) is 19.8 Å². The Balaban J connectivity index is 1.69. The van der Waals surface area contributed by atoms with Gasteiger partial charge in [-0.2, -0.15) is 0 Å². The first-order valence-electron chi connectivity index (χ1n) is 8.62. The summed E-state index contributed by atoms with van der Waals surface area (Å²) in [5.41, 5.74) is 1.86. The van der Waals surface area contributed by atoms with Crippen molar-refractivity contribution in [2.75, 3.05) is 6.61 Å². The molecule has 3 N–H and O–H groups in total. The molecule has 0 saturated carbocycles. The summed E-state index contributed by atoms with van der Waals surface area (Å²) in [4.78, 5) is 0. The van der Waals surface area contributed by atoms with Crippen molar-refractivity contribution < 1.29 is 29.5 Å². The van der Waals surface area contributed by atoms with Crippen molar-refractivity contribution >= 4 is 0 Å². The van der Waals surface area contributed by atoms with Crippen molar-refractivity contribution in [3.05, 3.63) is 71.8 Å². The quantitative estimate of drug-likeness (QED) is 0.688. The Morgan fingerprint density at radius 3 is 1.77 bits per heavy atom. The highest BCUT2D eigenvalue weighted by atomic mass is 16.7. The van der Waals surface area contributed by atoms with E-state index in [1.165, 1.54) is 0 Å². The molecule has 0 aliphatic carbocycles. The molecule has 2 aromatic rings. The zero-order valence-corrected chi connectivity index (χ0v) is 14.3. The number of rotatable bonds is 7. The van der Waals surface area contributed by atoms with Gasteiger partial charge in [0, 0.05) is 0 Å². The molecule has 140 valence electrons. The van der Waals surface area contributed by atoms with Crippen LogP contribution in [0.1, 0.15) is 11.1 Å². The maximum atomic E-state index is 10.5. The molecule has 2 aromatic carbocycles. The molecule has 0 radical (unpaired) electrons. The van der Waals surface area contributed by atoms with Gasteiger partial charge in [0.15, 0.2) is 6.29 Å². The highest BCUT2D eigenvalue weighted by Crippen LogP contribution is 2.26. The van der Waals surface area contributed by atoms with Crippen molar-refractivity contribution in [3.63, 3.8) is 0 Å². The molecule has 1 saturated heterocycles. The van der Waals surface area contributed by atoms with Crippen molar-refractivity contribution in [2.24, 2.45) is 0 Å². The van der Waals surface area contributed by atoms with Crippen LogP contribution < -0.4 is 0 Å². The van der Waals surface area contributed by atoms with Crippen molar-refractivity contribution in [2.45, 2.75) is 43.9 Å². The molecular weight excluding hydrogens is 336 g/mol. The van der Waals surface area contributed by atoms with Gasteiger partial charge < -0.3 is 29.5 Å². The van der Waals surface area contributed by atoms with Crippen LogP contribution in [0.25, 0.3) is 0 Å². The molecule has 1 aliphatic rings. The predicted octanol–water partition coefficient (Wildman–Crippen LogP) is 1.23. The number of hydrogen-bond donors (Lipinski definition) is 3. The molecule has 0 amide bonds. The van der Waals surface area contributed by atoms with E-state index in [-0.39, 0.29) is 13.2 Å². The minimum atomic E-state index is -1.31. The number of hydrogen-bond acceptors (Lipinski definition) is 6. The van der Waals surface area contributed by atoms with Crippen LogP contribution in [-0.2, 0) is 27.4 Å².